The summed E-state index contributed by atoms with van der Waals surface area (Å²) in [5.41, 5.74) is 0. The van der Waals surface area contributed by atoms with Crippen molar-refractivity contribution >= 4 is 27.7 Å². The summed E-state index contributed by atoms with van der Waals surface area (Å²) in [6, 6.07) is -0.166. The van der Waals surface area contributed by atoms with Crippen LogP contribution in [-0.2, 0) is 14.3 Å². The molecule has 0 spiro atoms. The predicted molar refractivity (Wildman–Crippen MR) is 70.5 cm³/mol. The van der Waals surface area contributed by atoms with E-state index in [2.05, 4.69) is 21.2 Å². The zero-order valence-corrected chi connectivity index (χ0v) is 12.1. The van der Waals surface area contributed by atoms with E-state index in [-0.39, 0.29) is 16.6 Å². The summed E-state index contributed by atoms with van der Waals surface area (Å²) in [7, 11) is 0. The van der Waals surface area contributed by atoms with Crippen LogP contribution >= 0.6 is 15.9 Å². The lowest BCUT2D eigenvalue weighted by molar-refractivity contribution is -0.148. The number of hydrogen-bond acceptors (Lipinski definition) is 3. The van der Waals surface area contributed by atoms with E-state index in [9.17, 15) is 9.59 Å². The molecule has 2 amide bonds. The van der Waals surface area contributed by atoms with E-state index >= 15 is 0 Å². The van der Waals surface area contributed by atoms with Crippen molar-refractivity contribution in [3.05, 3.63) is 0 Å². The van der Waals surface area contributed by atoms with Gasteiger partial charge in [-0.3, -0.25) is 9.59 Å². The summed E-state index contributed by atoms with van der Waals surface area (Å²) in [4.78, 5) is 25.7. The molecule has 1 N–H and O–H groups in total. The largest absolute Gasteiger partial charge is 0.377 e. The van der Waals surface area contributed by atoms with Crippen LogP contribution in [0, 0.1) is 0 Å². The zero-order chi connectivity index (χ0) is 13.1. The lowest BCUT2D eigenvalue weighted by Crippen LogP contribution is -2.57. The van der Waals surface area contributed by atoms with Crippen LogP contribution in [0.2, 0.25) is 0 Å². The Morgan fingerprint density at radius 1 is 1.50 bits per heavy atom. The molecule has 0 aromatic rings. The van der Waals surface area contributed by atoms with Crippen LogP contribution < -0.4 is 5.32 Å². The highest BCUT2D eigenvalue weighted by Crippen LogP contribution is 2.20. The Bertz CT molecular complexity index is 333. The van der Waals surface area contributed by atoms with Crippen LogP contribution in [0.3, 0.4) is 0 Å². The molecule has 0 aromatic heterocycles. The second kappa shape index (κ2) is 6.02. The minimum absolute atomic E-state index is 0.0169. The van der Waals surface area contributed by atoms with Gasteiger partial charge >= 0.3 is 0 Å². The maximum absolute atomic E-state index is 12.2. The van der Waals surface area contributed by atoms with Crippen LogP contribution in [-0.4, -0.2) is 53.4 Å². The number of nitrogens with one attached hydrogen (secondary N) is 1. The van der Waals surface area contributed by atoms with Gasteiger partial charge in [-0.15, -0.1) is 0 Å². The van der Waals surface area contributed by atoms with Gasteiger partial charge in [-0.1, -0.05) is 22.9 Å². The molecule has 18 heavy (non-hydrogen) atoms. The summed E-state index contributed by atoms with van der Waals surface area (Å²) in [5.74, 6) is -0.0990. The quantitative estimate of drug-likeness (QED) is 0.775. The molecule has 5 nitrogen and oxygen atoms in total. The molecule has 2 atom stereocenters. The summed E-state index contributed by atoms with van der Waals surface area (Å²) in [5, 5.41) is 2.94. The molecule has 2 rings (SSSR count). The van der Waals surface area contributed by atoms with Crippen molar-refractivity contribution in [1.29, 1.82) is 0 Å². The lowest BCUT2D eigenvalue weighted by atomic mass is 10.1. The first kappa shape index (κ1) is 13.8. The van der Waals surface area contributed by atoms with Crippen molar-refractivity contribution in [2.45, 2.75) is 43.1 Å². The number of nitrogens with zero attached hydrogens (tertiary/aromatic N) is 1. The third kappa shape index (κ3) is 3.23. The third-order valence-corrected chi connectivity index (χ3v) is 4.30. The van der Waals surface area contributed by atoms with E-state index in [4.69, 9.17) is 4.74 Å². The molecule has 102 valence electrons. The Balaban J connectivity index is 1.99. The summed E-state index contributed by atoms with van der Waals surface area (Å²) >= 11 is 3.35. The van der Waals surface area contributed by atoms with Crippen molar-refractivity contribution < 1.29 is 14.3 Å². The molecule has 2 fully saturated rings. The Kier molecular flexibility index (Phi) is 4.61. The van der Waals surface area contributed by atoms with Gasteiger partial charge in [0, 0.05) is 12.6 Å². The topological polar surface area (TPSA) is 58.6 Å². The van der Waals surface area contributed by atoms with Gasteiger partial charge in [-0.25, -0.2) is 0 Å². The van der Waals surface area contributed by atoms with Gasteiger partial charge in [-0.05, 0) is 19.3 Å². The summed E-state index contributed by atoms with van der Waals surface area (Å²) in [6.45, 7) is 3.23. The Morgan fingerprint density at radius 3 is 2.83 bits per heavy atom. The Labute approximate surface area is 115 Å². The van der Waals surface area contributed by atoms with E-state index in [0.29, 0.717) is 32.2 Å². The molecule has 0 bridgehead atoms. The number of morpholine rings is 1. The summed E-state index contributed by atoms with van der Waals surface area (Å²) in [6.07, 6.45) is 2.81. The smallest absolute Gasteiger partial charge is 0.245 e. The number of ether oxygens (including phenoxy) is 1. The van der Waals surface area contributed by atoms with Crippen LogP contribution in [0.1, 0.15) is 26.2 Å². The molecule has 1 aliphatic carbocycles. The van der Waals surface area contributed by atoms with Gasteiger partial charge in [0.15, 0.2) is 0 Å². The first-order valence-corrected chi connectivity index (χ1v) is 7.37. The van der Waals surface area contributed by atoms with Gasteiger partial charge in [0.2, 0.25) is 11.8 Å². The van der Waals surface area contributed by atoms with Crippen LogP contribution in [0.15, 0.2) is 0 Å². The molecule has 1 aliphatic heterocycles. The van der Waals surface area contributed by atoms with Gasteiger partial charge in [-0.2, -0.15) is 0 Å². The molecule has 6 heteroatoms. The molecular formula is C12H19BrN2O3. The highest BCUT2D eigenvalue weighted by molar-refractivity contribution is 9.10. The molecule has 1 saturated carbocycles. The molecule has 2 aliphatic rings. The second-order valence-corrected chi connectivity index (χ2v) is 5.89. The van der Waals surface area contributed by atoms with Crippen LogP contribution in [0.4, 0.5) is 0 Å². The normalized spacial score (nSPS) is 25.7. The SMILES string of the molecule is CCC(Br)C(=O)N1CCOCC1C(=O)NC1CC1. The Morgan fingerprint density at radius 2 is 2.22 bits per heavy atom. The average Bonchev–Trinajstić information content (AvgIpc) is 3.20. The van der Waals surface area contributed by atoms with Crippen molar-refractivity contribution in [3.63, 3.8) is 0 Å². The number of rotatable bonds is 4. The molecular weight excluding hydrogens is 300 g/mol. The van der Waals surface area contributed by atoms with Crippen LogP contribution in [0.5, 0.6) is 0 Å². The fourth-order valence-corrected chi connectivity index (χ4v) is 2.23. The number of carbonyl (C=O) groups excluding carboxylic acids is 2. The number of hydrogen-bond donors (Lipinski definition) is 1. The third-order valence-electron chi connectivity index (χ3n) is 3.26. The van der Waals surface area contributed by atoms with Gasteiger partial charge < -0.3 is 15.0 Å². The average molecular weight is 319 g/mol. The minimum atomic E-state index is -0.474. The fourth-order valence-electron chi connectivity index (χ4n) is 1.96. The molecule has 0 aromatic carbocycles. The maximum Gasteiger partial charge on any atom is 0.245 e. The zero-order valence-electron chi connectivity index (χ0n) is 10.5. The van der Waals surface area contributed by atoms with Crippen LogP contribution in [0.25, 0.3) is 0 Å². The molecule has 0 radical (unpaired) electrons. The molecule has 1 saturated heterocycles. The van der Waals surface area contributed by atoms with Crippen molar-refractivity contribution in [2.24, 2.45) is 0 Å². The first-order valence-electron chi connectivity index (χ1n) is 6.46. The fraction of sp³-hybridized carbons (Fsp3) is 0.833. The highest BCUT2D eigenvalue weighted by atomic mass is 79.9. The number of alkyl halides is 1. The Hall–Kier alpha value is -0.620. The lowest BCUT2D eigenvalue weighted by Gasteiger charge is -2.35. The standard InChI is InChI=1S/C12H19BrN2O3/c1-2-9(13)12(17)15-5-6-18-7-10(15)11(16)14-8-3-4-8/h8-10H,2-7H2,1H3,(H,14,16). The minimum Gasteiger partial charge on any atom is -0.377 e. The monoisotopic (exact) mass is 318 g/mol. The van der Waals surface area contributed by atoms with Gasteiger partial charge in [0.25, 0.3) is 0 Å². The van der Waals surface area contributed by atoms with E-state index < -0.39 is 6.04 Å². The number of halogens is 1. The van der Waals surface area contributed by atoms with Crippen molar-refractivity contribution in [1.82, 2.24) is 10.2 Å². The maximum atomic E-state index is 12.2. The number of amides is 2. The van der Waals surface area contributed by atoms with E-state index in [1.807, 2.05) is 6.92 Å². The first-order chi connectivity index (χ1) is 8.63. The highest BCUT2D eigenvalue weighted by Gasteiger charge is 2.36. The van der Waals surface area contributed by atoms with E-state index in [0.717, 1.165) is 12.8 Å². The second-order valence-electron chi connectivity index (χ2n) is 4.78. The van der Waals surface area contributed by atoms with Gasteiger partial charge in [0.05, 0.1) is 18.0 Å². The molecule has 2 unspecified atom stereocenters. The van der Waals surface area contributed by atoms with Gasteiger partial charge in [0.1, 0.15) is 6.04 Å². The van der Waals surface area contributed by atoms with Crippen molar-refractivity contribution in [2.75, 3.05) is 19.8 Å². The van der Waals surface area contributed by atoms with Crippen molar-refractivity contribution in [3.8, 4) is 0 Å². The van der Waals surface area contributed by atoms with E-state index in [1.54, 1.807) is 4.90 Å². The van der Waals surface area contributed by atoms with E-state index in [1.165, 1.54) is 0 Å². The summed E-state index contributed by atoms with van der Waals surface area (Å²) < 4.78 is 5.33. The number of carbonyl (C=O) groups is 2. The predicted octanol–water partition coefficient (Wildman–Crippen LogP) is 0.666. The molecule has 1 heterocycles.